The summed E-state index contributed by atoms with van der Waals surface area (Å²) in [6, 6.07) is 0.628. The topological polar surface area (TPSA) is 32.8 Å². The van der Waals surface area contributed by atoms with Crippen molar-refractivity contribution in [3.63, 3.8) is 0 Å². The molecule has 1 saturated carbocycles. The Morgan fingerprint density at radius 1 is 1.00 bits per heavy atom. The molecule has 2 atom stereocenters. The van der Waals surface area contributed by atoms with E-state index in [-0.39, 0.29) is 6.03 Å². The fourth-order valence-corrected chi connectivity index (χ4v) is 3.43. The molecule has 0 aromatic heterocycles. The highest BCUT2D eigenvalue weighted by atomic mass is 16.5. The van der Waals surface area contributed by atoms with E-state index in [4.69, 9.17) is 4.74 Å². The number of carbonyl (C=O) groups is 1. The zero-order chi connectivity index (χ0) is 11.7. The highest BCUT2D eigenvalue weighted by Gasteiger charge is 2.39. The van der Waals surface area contributed by atoms with Crippen molar-refractivity contribution in [3.8, 4) is 0 Å². The standard InChI is InChI=1S/C13H22N2O2/c16-13(14-7-2-1-3-8-14)15-9-10-17-12-6-4-5-11(12)15/h11-12H,1-10H2. The first-order chi connectivity index (χ1) is 8.36. The zero-order valence-electron chi connectivity index (χ0n) is 10.4. The molecule has 0 aromatic carbocycles. The molecule has 4 heteroatoms. The molecule has 0 bridgehead atoms. The maximum atomic E-state index is 12.5. The monoisotopic (exact) mass is 238 g/mol. The Morgan fingerprint density at radius 2 is 1.82 bits per heavy atom. The molecule has 2 saturated heterocycles. The van der Waals surface area contributed by atoms with Gasteiger partial charge in [0.15, 0.2) is 0 Å². The van der Waals surface area contributed by atoms with Crippen molar-refractivity contribution in [1.29, 1.82) is 0 Å². The van der Waals surface area contributed by atoms with Crippen LogP contribution in [0.2, 0.25) is 0 Å². The SMILES string of the molecule is O=C(N1CCCCC1)N1CCOC2CCCC21. The first-order valence-corrected chi connectivity index (χ1v) is 7.03. The van der Waals surface area contributed by atoms with E-state index in [9.17, 15) is 4.79 Å². The van der Waals surface area contributed by atoms with Crippen LogP contribution in [0, 0.1) is 0 Å². The minimum atomic E-state index is 0.268. The first kappa shape index (κ1) is 11.3. The number of morpholine rings is 1. The van der Waals surface area contributed by atoms with Crippen LogP contribution in [-0.2, 0) is 4.74 Å². The number of likely N-dealkylation sites (tertiary alicyclic amines) is 1. The van der Waals surface area contributed by atoms with Gasteiger partial charge in [-0.3, -0.25) is 0 Å². The van der Waals surface area contributed by atoms with E-state index in [1.807, 2.05) is 4.90 Å². The Balaban J connectivity index is 1.67. The Bertz CT molecular complexity index is 289. The molecule has 2 amide bonds. The van der Waals surface area contributed by atoms with E-state index in [1.165, 1.54) is 25.7 Å². The molecule has 1 aliphatic carbocycles. The fourth-order valence-electron chi connectivity index (χ4n) is 3.43. The summed E-state index contributed by atoms with van der Waals surface area (Å²) < 4.78 is 5.76. The quantitative estimate of drug-likeness (QED) is 0.645. The van der Waals surface area contributed by atoms with Crippen molar-refractivity contribution in [3.05, 3.63) is 0 Å². The summed E-state index contributed by atoms with van der Waals surface area (Å²) in [4.78, 5) is 16.6. The summed E-state index contributed by atoms with van der Waals surface area (Å²) in [6.45, 7) is 3.42. The lowest BCUT2D eigenvalue weighted by molar-refractivity contribution is -0.0440. The summed E-state index contributed by atoms with van der Waals surface area (Å²) >= 11 is 0. The van der Waals surface area contributed by atoms with Gasteiger partial charge in [0, 0.05) is 19.6 Å². The molecule has 0 spiro atoms. The lowest BCUT2D eigenvalue weighted by Gasteiger charge is -2.41. The summed E-state index contributed by atoms with van der Waals surface area (Å²) in [5.74, 6) is 0. The molecule has 0 radical (unpaired) electrons. The fraction of sp³-hybridized carbons (Fsp3) is 0.923. The van der Waals surface area contributed by atoms with Gasteiger partial charge in [0.05, 0.1) is 18.8 Å². The summed E-state index contributed by atoms with van der Waals surface area (Å²) in [5, 5.41) is 0. The number of nitrogens with zero attached hydrogens (tertiary/aromatic N) is 2. The smallest absolute Gasteiger partial charge is 0.320 e. The summed E-state index contributed by atoms with van der Waals surface area (Å²) in [7, 11) is 0. The lowest BCUT2D eigenvalue weighted by Crippen LogP contribution is -2.56. The molecule has 0 N–H and O–H groups in total. The zero-order valence-corrected chi connectivity index (χ0v) is 10.4. The van der Waals surface area contributed by atoms with E-state index >= 15 is 0 Å². The predicted molar refractivity (Wildman–Crippen MR) is 64.9 cm³/mol. The van der Waals surface area contributed by atoms with Crippen molar-refractivity contribution in [1.82, 2.24) is 9.80 Å². The number of ether oxygens (including phenoxy) is 1. The summed E-state index contributed by atoms with van der Waals surface area (Å²) in [5.41, 5.74) is 0. The summed E-state index contributed by atoms with van der Waals surface area (Å²) in [6.07, 6.45) is 7.41. The maximum absolute atomic E-state index is 12.5. The van der Waals surface area contributed by atoms with Crippen LogP contribution in [0.5, 0.6) is 0 Å². The second-order valence-corrected chi connectivity index (χ2v) is 5.43. The molecular weight excluding hydrogens is 216 g/mol. The Kier molecular flexibility index (Phi) is 3.23. The van der Waals surface area contributed by atoms with E-state index in [0.29, 0.717) is 12.1 Å². The number of carbonyl (C=O) groups excluding carboxylic acids is 1. The minimum absolute atomic E-state index is 0.268. The number of urea groups is 1. The van der Waals surface area contributed by atoms with Crippen LogP contribution in [0.25, 0.3) is 0 Å². The van der Waals surface area contributed by atoms with Crippen LogP contribution in [-0.4, -0.2) is 54.2 Å². The van der Waals surface area contributed by atoms with Crippen molar-refractivity contribution in [2.75, 3.05) is 26.2 Å². The Morgan fingerprint density at radius 3 is 2.65 bits per heavy atom. The number of fused-ring (bicyclic) bond motifs is 1. The van der Waals surface area contributed by atoms with Gasteiger partial charge in [-0.25, -0.2) is 4.79 Å². The van der Waals surface area contributed by atoms with E-state index in [1.54, 1.807) is 0 Å². The van der Waals surface area contributed by atoms with Crippen molar-refractivity contribution in [2.24, 2.45) is 0 Å². The van der Waals surface area contributed by atoms with Crippen LogP contribution in [0.3, 0.4) is 0 Å². The number of rotatable bonds is 0. The van der Waals surface area contributed by atoms with Crippen LogP contribution in [0.1, 0.15) is 38.5 Å². The molecule has 0 aromatic rings. The van der Waals surface area contributed by atoms with Gasteiger partial charge in [-0.15, -0.1) is 0 Å². The van der Waals surface area contributed by atoms with Gasteiger partial charge in [0.2, 0.25) is 0 Å². The molecular formula is C13H22N2O2. The van der Waals surface area contributed by atoms with Gasteiger partial charge in [-0.1, -0.05) is 0 Å². The highest BCUT2D eigenvalue weighted by Crippen LogP contribution is 2.30. The van der Waals surface area contributed by atoms with Crippen molar-refractivity contribution < 1.29 is 9.53 Å². The van der Waals surface area contributed by atoms with Crippen LogP contribution in [0.4, 0.5) is 4.79 Å². The number of hydrogen-bond acceptors (Lipinski definition) is 2. The maximum Gasteiger partial charge on any atom is 0.320 e. The highest BCUT2D eigenvalue weighted by molar-refractivity contribution is 5.75. The average Bonchev–Trinajstić information content (AvgIpc) is 2.87. The van der Waals surface area contributed by atoms with Gasteiger partial charge >= 0.3 is 6.03 Å². The van der Waals surface area contributed by atoms with Gasteiger partial charge in [0.1, 0.15) is 0 Å². The minimum Gasteiger partial charge on any atom is -0.374 e. The van der Waals surface area contributed by atoms with Crippen LogP contribution < -0.4 is 0 Å². The first-order valence-electron chi connectivity index (χ1n) is 7.03. The van der Waals surface area contributed by atoms with Gasteiger partial charge in [-0.2, -0.15) is 0 Å². The van der Waals surface area contributed by atoms with E-state index in [2.05, 4.69) is 4.90 Å². The third-order valence-electron chi connectivity index (χ3n) is 4.35. The lowest BCUT2D eigenvalue weighted by atomic mass is 10.1. The van der Waals surface area contributed by atoms with Gasteiger partial charge in [-0.05, 0) is 38.5 Å². The van der Waals surface area contributed by atoms with Crippen LogP contribution in [0.15, 0.2) is 0 Å². The van der Waals surface area contributed by atoms with E-state index < -0.39 is 0 Å². The number of piperidine rings is 1. The Hall–Kier alpha value is -0.770. The third kappa shape index (κ3) is 2.15. The molecule has 96 valence electrons. The molecule has 17 heavy (non-hydrogen) atoms. The molecule has 2 heterocycles. The molecule has 4 nitrogen and oxygen atoms in total. The third-order valence-corrected chi connectivity index (χ3v) is 4.35. The van der Waals surface area contributed by atoms with Crippen molar-refractivity contribution in [2.45, 2.75) is 50.7 Å². The predicted octanol–water partition coefficient (Wildman–Crippen LogP) is 1.85. The van der Waals surface area contributed by atoms with Crippen molar-refractivity contribution >= 4 is 6.03 Å². The molecule has 3 rings (SSSR count). The normalized spacial score (nSPS) is 33.6. The van der Waals surface area contributed by atoms with Gasteiger partial charge < -0.3 is 14.5 Å². The Labute approximate surface area is 103 Å². The molecule has 2 aliphatic heterocycles. The average molecular weight is 238 g/mol. The second kappa shape index (κ2) is 4.84. The van der Waals surface area contributed by atoms with E-state index in [0.717, 1.165) is 39.1 Å². The number of amides is 2. The molecule has 3 fully saturated rings. The molecule has 3 aliphatic rings. The number of hydrogen-bond donors (Lipinski definition) is 0. The molecule has 2 unspecified atom stereocenters. The van der Waals surface area contributed by atoms with Gasteiger partial charge in [0.25, 0.3) is 0 Å². The van der Waals surface area contributed by atoms with Crippen LogP contribution >= 0.6 is 0 Å². The second-order valence-electron chi connectivity index (χ2n) is 5.43. The largest absolute Gasteiger partial charge is 0.374 e.